The number of benzene rings is 1. The topological polar surface area (TPSA) is 27.1 Å². The predicted molar refractivity (Wildman–Crippen MR) is 63.1 cm³/mol. The van der Waals surface area contributed by atoms with Crippen LogP contribution in [0.15, 0.2) is 30.3 Å². The molecule has 15 heavy (non-hydrogen) atoms. The van der Waals surface area contributed by atoms with E-state index in [1.807, 2.05) is 6.07 Å². The van der Waals surface area contributed by atoms with Crippen LogP contribution in [-0.4, -0.2) is 17.3 Å². The summed E-state index contributed by atoms with van der Waals surface area (Å²) in [6.07, 6.45) is 0. The molecule has 0 amide bonds. The maximum atomic E-state index is 8.00. The van der Waals surface area contributed by atoms with Crippen molar-refractivity contribution in [2.75, 3.05) is 6.54 Å². The van der Waals surface area contributed by atoms with Crippen molar-refractivity contribution in [1.29, 1.82) is 5.41 Å². The van der Waals surface area contributed by atoms with Crippen LogP contribution >= 0.6 is 0 Å². The first-order chi connectivity index (χ1) is 7.09. The van der Waals surface area contributed by atoms with Crippen LogP contribution in [0.1, 0.15) is 32.4 Å². The first-order valence-electron chi connectivity index (χ1n) is 5.49. The molecular weight excluding hydrogens is 184 g/mol. The summed E-state index contributed by atoms with van der Waals surface area (Å²) in [5.41, 5.74) is 1.30. The standard InChI is InChI=1S/C13H18N2/c1-4-15-11(13(2,3)12(15)14)10-8-6-5-7-9-10/h5-9,11,14H,4H2,1-3H3. The van der Waals surface area contributed by atoms with Gasteiger partial charge in [-0.3, -0.25) is 5.41 Å². The Morgan fingerprint density at radius 2 is 1.87 bits per heavy atom. The van der Waals surface area contributed by atoms with Crippen molar-refractivity contribution in [3.05, 3.63) is 35.9 Å². The van der Waals surface area contributed by atoms with Crippen molar-refractivity contribution in [1.82, 2.24) is 4.90 Å². The molecule has 0 radical (unpaired) electrons. The molecule has 1 aromatic carbocycles. The smallest absolute Gasteiger partial charge is 0.105 e. The SMILES string of the molecule is CCN1C(=N)C(C)(C)C1c1ccccc1. The van der Waals surface area contributed by atoms with Gasteiger partial charge in [-0.1, -0.05) is 44.2 Å². The fourth-order valence-electron chi connectivity index (χ4n) is 2.52. The summed E-state index contributed by atoms with van der Waals surface area (Å²) in [4.78, 5) is 2.16. The van der Waals surface area contributed by atoms with Crippen LogP contribution in [0.4, 0.5) is 0 Å². The molecule has 80 valence electrons. The number of nitrogens with zero attached hydrogens (tertiary/aromatic N) is 1. The largest absolute Gasteiger partial charge is 0.352 e. The van der Waals surface area contributed by atoms with Crippen LogP contribution in [0.5, 0.6) is 0 Å². The molecule has 2 nitrogen and oxygen atoms in total. The summed E-state index contributed by atoms with van der Waals surface area (Å²) in [5, 5.41) is 8.00. The van der Waals surface area contributed by atoms with E-state index in [-0.39, 0.29) is 5.41 Å². The van der Waals surface area contributed by atoms with Gasteiger partial charge in [0, 0.05) is 12.0 Å². The molecule has 0 bridgehead atoms. The molecule has 1 aliphatic heterocycles. The van der Waals surface area contributed by atoms with Gasteiger partial charge in [0.2, 0.25) is 0 Å². The van der Waals surface area contributed by atoms with Crippen LogP contribution < -0.4 is 0 Å². The third kappa shape index (κ3) is 1.36. The molecule has 1 unspecified atom stereocenters. The number of nitrogens with one attached hydrogen (secondary N) is 1. The zero-order valence-electron chi connectivity index (χ0n) is 9.62. The van der Waals surface area contributed by atoms with Gasteiger partial charge in [-0.2, -0.15) is 0 Å². The van der Waals surface area contributed by atoms with E-state index in [0.717, 1.165) is 12.4 Å². The van der Waals surface area contributed by atoms with E-state index in [4.69, 9.17) is 5.41 Å². The third-order valence-electron chi connectivity index (χ3n) is 3.35. The van der Waals surface area contributed by atoms with Gasteiger partial charge in [0.1, 0.15) is 5.84 Å². The van der Waals surface area contributed by atoms with E-state index in [2.05, 4.69) is 49.9 Å². The fourth-order valence-corrected chi connectivity index (χ4v) is 2.52. The summed E-state index contributed by atoms with van der Waals surface area (Å²) < 4.78 is 0. The molecule has 2 rings (SSSR count). The van der Waals surface area contributed by atoms with Gasteiger partial charge in [-0.15, -0.1) is 0 Å². The fraction of sp³-hybridized carbons (Fsp3) is 0.462. The highest BCUT2D eigenvalue weighted by Crippen LogP contribution is 2.49. The molecule has 1 saturated heterocycles. The molecular formula is C13H18N2. The molecule has 1 fully saturated rings. The number of likely N-dealkylation sites (tertiary alicyclic amines) is 1. The molecule has 0 aliphatic carbocycles. The van der Waals surface area contributed by atoms with Crippen LogP contribution in [-0.2, 0) is 0 Å². The molecule has 1 heterocycles. The zero-order chi connectivity index (χ0) is 11.1. The highest BCUT2D eigenvalue weighted by molar-refractivity contribution is 5.92. The van der Waals surface area contributed by atoms with Gasteiger partial charge < -0.3 is 4.90 Å². The summed E-state index contributed by atoms with van der Waals surface area (Å²) in [6.45, 7) is 7.33. The Morgan fingerprint density at radius 1 is 1.27 bits per heavy atom. The first-order valence-corrected chi connectivity index (χ1v) is 5.49. The molecule has 1 N–H and O–H groups in total. The van der Waals surface area contributed by atoms with E-state index in [9.17, 15) is 0 Å². The molecule has 0 aromatic heterocycles. The number of amidine groups is 1. The van der Waals surface area contributed by atoms with Gasteiger partial charge in [-0.25, -0.2) is 0 Å². The molecule has 1 atom stereocenters. The number of hydrogen-bond acceptors (Lipinski definition) is 1. The van der Waals surface area contributed by atoms with Gasteiger partial charge in [0.15, 0.2) is 0 Å². The average molecular weight is 202 g/mol. The van der Waals surface area contributed by atoms with E-state index in [1.165, 1.54) is 5.56 Å². The second kappa shape index (κ2) is 3.37. The highest BCUT2D eigenvalue weighted by atomic mass is 15.3. The molecule has 0 saturated carbocycles. The Kier molecular flexibility index (Phi) is 2.29. The van der Waals surface area contributed by atoms with Crippen molar-refractivity contribution >= 4 is 5.84 Å². The molecule has 2 heteroatoms. The summed E-state index contributed by atoms with van der Waals surface area (Å²) in [6, 6.07) is 10.9. The minimum atomic E-state index is -0.0165. The van der Waals surface area contributed by atoms with Crippen molar-refractivity contribution in [2.45, 2.75) is 26.8 Å². The molecule has 0 spiro atoms. The zero-order valence-corrected chi connectivity index (χ0v) is 9.62. The Morgan fingerprint density at radius 3 is 2.40 bits per heavy atom. The van der Waals surface area contributed by atoms with Crippen molar-refractivity contribution in [2.24, 2.45) is 5.41 Å². The van der Waals surface area contributed by atoms with Crippen LogP contribution in [0.25, 0.3) is 0 Å². The quantitative estimate of drug-likeness (QED) is 0.784. The maximum Gasteiger partial charge on any atom is 0.105 e. The monoisotopic (exact) mass is 202 g/mol. The Labute approximate surface area is 91.4 Å². The lowest BCUT2D eigenvalue weighted by molar-refractivity contribution is 0.113. The summed E-state index contributed by atoms with van der Waals surface area (Å²) in [5.74, 6) is 0.763. The van der Waals surface area contributed by atoms with Crippen LogP contribution in [0.2, 0.25) is 0 Å². The maximum absolute atomic E-state index is 8.00. The van der Waals surface area contributed by atoms with Gasteiger partial charge in [-0.05, 0) is 12.5 Å². The van der Waals surface area contributed by atoms with Crippen molar-refractivity contribution in [3.63, 3.8) is 0 Å². The predicted octanol–water partition coefficient (Wildman–Crippen LogP) is 3.07. The normalized spacial score (nSPS) is 23.8. The van der Waals surface area contributed by atoms with E-state index in [1.54, 1.807) is 0 Å². The summed E-state index contributed by atoms with van der Waals surface area (Å²) in [7, 11) is 0. The van der Waals surface area contributed by atoms with Crippen LogP contribution in [0.3, 0.4) is 0 Å². The van der Waals surface area contributed by atoms with Crippen molar-refractivity contribution < 1.29 is 0 Å². The minimum absolute atomic E-state index is 0.0165. The third-order valence-corrected chi connectivity index (χ3v) is 3.35. The Balaban J connectivity index is 2.33. The minimum Gasteiger partial charge on any atom is -0.352 e. The summed E-state index contributed by atoms with van der Waals surface area (Å²) >= 11 is 0. The van der Waals surface area contributed by atoms with Crippen molar-refractivity contribution in [3.8, 4) is 0 Å². The van der Waals surface area contributed by atoms with Gasteiger partial charge in [0.05, 0.1) is 6.04 Å². The Hall–Kier alpha value is -1.31. The second-order valence-electron chi connectivity index (χ2n) is 4.67. The lowest BCUT2D eigenvalue weighted by atomic mass is 9.70. The average Bonchev–Trinajstić information content (AvgIpc) is 2.25. The van der Waals surface area contributed by atoms with E-state index >= 15 is 0 Å². The Bertz CT molecular complexity index is 367. The van der Waals surface area contributed by atoms with Gasteiger partial charge in [0.25, 0.3) is 0 Å². The first kappa shape index (κ1) is 10.2. The molecule has 1 aromatic rings. The lowest BCUT2D eigenvalue weighted by Gasteiger charge is -2.55. The van der Waals surface area contributed by atoms with Crippen LogP contribution in [0, 0.1) is 10.8 Å². The molecule has 1 aliphatic rings. The van der Waals surface area contributed by atoms with E-state index in [0.29, 0.717) is 6.04 Å². The lowest BCUT2D eigenvalue weighted by Crippen LogP contribution is -2.59. The second-order valence-corrected chi connectivity index (χ2v) is 4.67. The number of rotatable bonds is 2. The van der Waals surface area contributed by atoms with Gasteiger partial charge >= 0.3 is 0 Å². The number of hydrogen-bond donors (Lipinski definition) is 1. The van der Waals surface area contributed by atoms with E-state index < -0.39 is 0 Å². The highest BCUT2D eigenvalue weighted by Gasteiger charge is 2.50.